The maximum absolute atomic E-state index is 3.75. The summed E-state index contributed by atoms with van der Waals surface area (Å²) in [6.45, 7) is 0. The number of aromatic amines is 1. The molecular formula is C26H20N2. The highest BCUT2D eigenvalue weighted by atomic mass is 15.2. The lowest BCUT2D eigenvalue weighted by Gasteiger charge is -2.38. The van der Waals surface area contributed by atoms with Crippen LogP contribution in [-0.2, 0) is 0 Å². The van der Waals surface area contributed by atoms with Crippen molar-refractivity contribution < 1.29 is 0 Å². The van der Waals surface area contributed by atoms with Crippen LogP contribution < -0.4 is 4.90 Å². The van der Waals surface area contributed by atoms with Crippen LogP contribution in [0.15, 0.2) is 91.0 Å². The Labute approximate surface area is 164 Å². The molecule has 2 heteroatoms. The van der Waals surface area contributed by atoms with E-state index in [0.29, 0.717) is 5.92 Å². The van der Waals surface area contributed by atoms with E-state index in [-0.39, 0.29) is 6.04 Å². The van der Waals surface area contributed by atoms with E-state index in [0.717, 1.165) is 0 Å². The predicted molar refractivity (Wildman–Crippen MR) is 118 cm³/mol. The molecule has 0 saturated carbocycles. The molecule has 2 atom stereocenters. The average molecular weight is 360 g/mol. The molecule has 0 amide bonds. The van der Waals surface area contributed by atoms with E-state index in [1.165, 1.54) is 39.1 Å². The third-order valence-corrected chi connectivity index (χ3v) is 5.93. The first-order valence-corrected chi connectivity index (χ1v) is 9.80. The molecule has 0 bridgehead atoms. The van der Waals surface area contributed by atoms with Crippen LogP contribution in [0.2, 0.25) is 0 Å². The van der Waals surface area contributed by atoms with Crippen LogP contribution in [0.25, 0.3) is 23.1 Å². The van der Waals surface area contributed by atoms with E-state index in [4.69, 9.17) is 0 Å². The summed E-state index contributed by atoms with van der Waals surface area (Å²) in [6.07, 6.45) is 9.26. The van der Waals surface area contributed by atoms with Gasteiger partial charge in [-0.3, -0.25) is 0 Å². The Bertz CT molecular complexity index is 1230. The number of nitrogens with zero attached hydrogens (tertiary/aromatic N) is 1. The molecule has 28 heavy (non-hydrogen) atoms. The highest BCUT2D eigenvalue weighted by Gasteiger charge is 2.35. The fourth-order valence-corrected chi connectivity index (χ4v) is 4.67. The minimum atomic E-state index is 0.190. The Morgan fingerprint density at radius 1 is 0.714 bits per heavy atom. The van der Waals surface area contributed by atoms with Gasteiger partial charge in [-0.25, -0.2) is 0 Å². The number of hydrogen-bond acceptors (Lipinski definition) is 1. The second-order valence-electron chi connectivity index (χ2n) is 7.50. The number of fused-ring (bicyclic) bond motifs is 6. The maximum Gasteiger partial charge on any atom is 0.0844 e. The van der Waals surface area contributed by atoms with Gasteiger partial charge in [-0.2, -0.15) is 0 Å². The van der Waals surface area contributed by atoms with Crippen molar-refractivity contribution >= 4 is 34.4 Å². The number of benzene rings is 3. The molecule has 2 heterocycles. The van der Waals surface area contributed by atoms with Crippen molar-refractivity contribution in [2.24, 2.45) is 5.92 Å². The van der Waals surface area contributed by atoms with Gasteiger partial charge in [0.05, 0.1) is 6.04 Å². The summed E-state index contributed by atoms with van der Waals surface area (Å²) in [6, 6.07) is 28.2. The molecule has 1 aromatic heterocycles. The van der Waals surface area contributed by atoms with Crippen LogP contribution in [-0.4, -0.2) is 4.98 Å². The Hall–Kier alpha value is -3.52. The van der Waals surface area contributed by atoms with Crippen molar-refractivity contribution in [3.63, 3.8) is 0 Å². The van der Waals surface area contributed by atoms with Gasteiger partial charge < -0.3 is 9.88 Å². The molecule has 2 unspecified atom stereocenters. The van der Waals surface area contributed by atoms with Gasteiger partial charge in [0, 0.05) is 39.5 Å². The smallest absolute Gasteiger partial charge is 0.0844 e. The third-order valence-electron chi connectivity index (χ3n) is 5.93. The molecule has 1 N–H and O–H groups in total. The number of hydrogen-bond donors (Lipinski definition) is 1. The standard InChI is InChI=1S/C26H20N2/c1-2-9-20(10-3-1)28-24-13-7-4-8-18(24)14-15-19-16-17-22-21-11-5-6-12-23(21)27-25(22)26(19)28/h1-17,19,26-27H. The molecular weight excluding hydrogens is 340 g/mol. The molecule has 6 rings (SSSR count). The van der Waals surface area contributed by atoms with E-state index in [9.17, 15) is 0 Å². The Morgan fingerprint density at radius 3 is 2.39 bits per heavy atom. The van der Waals surface area contributed by atoms with Crippen LogP contribution in [0.4, 0.5) is 11.4 Å². The van der Waals surface area contributed by atoms with E-state index >= 15 is 0 Å². The van der Waals surface area contributed by atoms with Gasteiger partial charge in [0.1, 0.15) is 0 Å². The minimum absolute atomic E-state index is 0.190. The van der Waals surface area contributed by atoms with Crippen LogP contribution in [0, 0.1) is 5.92 Å². The second kappa shape index (κ2) is 6.00. The number of aromatic nitrogens is 1. The quantitative estimate of drug-likeness (QED) is 0.399. The zero-order chi connectivity index (χ0) is 18.5. The Balaban J connectivity index is 1.65. The summed E-state index contributed by atoms with van der Waals surface area (Å²) in [4.78, 5) is 6.24. The lowest BCUT2D eigenvalue weighted by atomic mass is 9.87. The zero-order valence-electron chi connectivity index (χ0n) is 15.4. The summed E-state index contributed by atoms with van der Waals surface area (Å²) in [5.74, 6) is 0.299. The van der Waals surface area contributed by atoms with Crippen molar-refractivity contribution in [2.75, 3.05) is 4.90 Å². The topological polar surface area (TPSA) is 19.0 Å². The van der Waals surface area contributed by atoms with Crippen molar-refractivity contribution in [1.29, 1.82) is 0 Å². The van der Waals surface area contributed by atoms with E-state index in [1.807, 2.05) is 0 Å². The zero-order valence-corrected chi connectivity index (χ0v) is 15.4. The van der Waals surface area contributed by atoms with Gasteiger partial charge in [-0.15, -0.1) is 0 Å². The SMILES string of the molecule is C1=CC2C=Cc3c([nH]c4ccccc34)C2N(c2ccccc2)c2ccccc21. The average Bonchev–Trinajstić information content (AvgIpc) is 3.04. The molecule has 2 aliphatic rings. The molecule has 0 spiro atoms. The fraction of sp³-hybridized carbons (Fsp3) is 0.0769. The Kier molecular flexibility index (Phi) is 3.33. The van der Waals surface area contributed by atoms with E-state index in [1.54, 1.807) is 0 Å². The van der Waals surface area contributed by atoms with Gasteiger partial charge in [-0.1, -0.05) is 78.9 Å². The first-order chi connectivity index (χ1) is 13.9. The fourth-order valence-electron chi connectivity index (χ4n) is 4.67. The van der Waals surface area contributed by atoms with Gasteiger partial charge in [0.2, 0.25) is 0 Å². The van der Waals surface area contributed by atoms with Crippen LogP contribution >= 0.6 is 0 Å². The summed E-state index contributed by atoms with van der Waals surface area (Å²) in [5, 5.41) is 1.29. The molecule has 1 aliphatic carbocycles. The number of nitrogens with one attached hydrogen (secondary N) is 1. The largest absolute Gasteiger partial charge is 0.356 e. The first kappa shape index (κ1) is 15.5. The molecule has 2 nitrogen and oxygen atoms in total. The van der Waals surface area contributed by atoms with Crippen LogP contribution in [0.5, 0.6) is 0 Å². The summed E-state index contributed by atoms with van der Waals surface area (Å²) < 4.78 is 0. The maximum atomic E-state index is 3.75. The van der Waals surface area contributed by atoms with Crippen molar-refractivity contribution in [1.82, 2.24) is 4.98 Å². The predicted octanol–water partition coefficient (Wildman–Crippen LogP) is 6.72. The van der Waals surface area contributed by atoms with Crippen LogP contribution in [0.3, 0.4) is 0 Å². The molecule has 134 valence electrons. The van der Waals surface area contributed by atoms with Crippen LogP contribution in [0.1, 0.15) is 22.9 Å². The van der Waals surface area contributed by atoms with Gasteiger partial charge in [0.15, 0.2) is 0 Å². The number of H-pyrrole nitrogens is 1. The Morgan fingerprint density at radius 2 is 1.46 bits per heavy atom. The molecule has 4 aromatic rings. The lowest BCUT2D eigenvalue weighted by Crippen LogP contribution is -2.30. The molecule has 0 saturated heterocycles. The summed E-state index contributed by atoms with van der Waals surface area (Å²) >= 11 is 0. The van der Waals surface area contributed by atoms with Crippen molar-refractivity contribution in [2.45, 2.75) is 6.04 Å². The van der Waals surface area contributed by atoms with Gasteiger partial charge in [-0.05, 0) is 29.8 Å². The summed E-state index contributed by atoms with van der Waals surface area (Å²) in [5.41, 5.74) is 7.52. The number of rotatable bonds is 1. The highest BCUT2D eigenvalue weighted by Crippen LogP contribution is 2.48. The monoisotopic (exact) mass is 360 g/mol. The van der Waals surface area contributed by atoms with E-state index in [2.05, 4.69) is 113 Å². The molecule has 0 radical (unpaired) electrons. The minimum Gasteiger partial charge on any atom is -0.356 e. The molecule has 0 fully saturated rings. The highest BCUT2D eigenvalue weighted by molar-refractivity contribution is 5.92. The summed E-state index contributed by atoms with van der Waals surface area (Å²) in [7, 11) is 0. The van der Waals surface area contributed by atoms with E-state index < -0.39 is 0 Å². The lowest BCUT2D eigenvalue weighted by molar-refractivity contribution is 0.587. The number of anilines is 2. The third kappa shape index (κ3) is 2.21. The van der Waals surface area contributed by atoms with Gasteiger partial charge >= 0.3 is 0 Å². The van der Waals surface area contributed by atoms with Crippen molar-refractivity contribution in [3.05, 3.63) is 108 Å². The molecule has 3 aromatic carbocycles. The normalized spacial score (nSPS) is 19.8. The molecule has 1 aliphatic heterocycles. The van der Waals surface area contributed by atoms with Gasteiger partial charge in [0.25, 0.3) is 0 Å². The number of para-hydroxylation sites is 3. The van der Waals surface area contributed by atoms with Crippen molar-refractivity contribution in [3.8, 4) is 0 Å². The first-order valence-electron chi connectivity index (χ1n) is 9.80. The second-order valence-corrected chi connectivity index (χ2v) is 7.50.